The molecule has 1 aliphatic rings. The average Bonchev–Trinajstić information content (AvgIpc) is 2.46. The lowest BCUT2D eigenvalue weighted by Gasteiger charge is -2.24. The summed E-state index contributed by atoms with van der Waals surface area (Å²) in [5.74, 6) is 0.497. The van der Waals surface area contributed by atoms with Crippen LogP contribution in [0.2, 0.25) is 0 Å². The van der Waals surface area contributed by atoms with Crippen molar-refractivity contribution in [3.05, 3.63) is 35.1 Å². The Morgan fingerprint density at radius 1 is 1.12 bits per heavy atom. The highest BCUT2D eigenvalue weighted by Crippen LogP contribution is 2.36. The molecule has 0 heterocycles. The van der Waals surface area contributed by atoms with E-state index in [0.717, 1.165) is 12.0 Å². The van der Waals surface area contributed by atoms with Crippen LogP contribution in [0.5, 0.6) is 0 Å². The van der Waals surface area contributed by atoms with E-state index in [9.17, 15) is 5.11 Å². The van der Waals surface area contributed by atoms with Gasteiger partial charge < -0.3 is 5.11 Å². The topological polar surface area (TPSA) is 20.2 Å². The van der Waals surface area contributed by atoms with E-state index in [2.05, 4.69) is 26.8 Å². The SMILES string of the molecule is CC(C)(C)CC1=CC=CC1=C(O)C(C)(C)C. The summed E-state index contributed by atoms with van der Waals surface area (Å²) in [5.41, 5.74) is 2.34. The van der Waals surface area contributed by atoms with Crippen LogP contribution < -0.4 is 0 Å². The monoisotopic (exact) mass is 220 g/mol. The molecular formula is C15H24O. The van der Waals surface area contributed by atoms with E-state index < -0.39 is 0 Å². The van der Waals surface area contributed by atoms with Crippen LogP contribution in [0.15, 0.2) is 35.1 Å². The quantitative estimate of drug-likeness (QED) is 0.631. The zero-order valence-corrected chi connectivity index (χ0v) is 11.4. The first-order chi connectivity index (χ1) is 7.11. The molecule has 0 fully saturated rings. The van der Waals surface area contributed by atoms with Crippen LogP contribution in [0, 0.1) is 10.8 Å². The van der Waals surface area contributed by atoms with Gasteiger partial charge in [0.2, 0.25) is 0 Å². The number of allylic oxidation sites excluding steroid dienone is 6. The van der Waals surface area contributed by atoms with Gasteiger partial charge in [-0.25, -0.2) is 0 Å². The van der Waals surface area contributed by atoms with Gasteiger partial charge in [0.1, 0.15) is 5.76 Å². The van der Waals surface area contributed by atoms with E-state index >= 15 is 0 Å². The standard InChI is InChI=1S/C15H24O/c1-14(2,3)10-11-8-7-9-12(11)13(16)15(4,5)6/h7-9,16H,10H2,1-6H3. The van der Waals surface area contributed by atoms with Crippen LogP contribution in [0.3, 0.4) is 0 Å². The summed E-state index contributed by atoms with van der Waals surface area (Å²) in [5, 5.41) is 10.2. The maximum Gasteiger partial charge on any atom is 0.105 e. The number of aliphatic hydroxyl groups excluding tert-OH is 1. The molecule has 0 saturated carbocycles. The molecule has 90 valence electrons. The molecule has 1 N–H and O–H groups in total. The van der Waals surface area contributed by atoms with Crippen molar-refractivity contribution in [3.63, 3.8) is 0 Å². The molecule has 0 bridgehead atoms. The summed E-state index contributed by atoms with van der Waals surface area (Å²) in [6.45, 7) is 12.8. The lowest BCUT2D eigenvalue weighted by Crippen LogP contribution is -2.13. The summed E-state index contributed by atoms with van der Waals surface area (Å²) in [4.78, 5) is 0. The van der Waals surface area contributed by atoms with Crippen LogP contribution >= 0.6 is 0 Å². The second-order valence-electron chi connectivity index (χ2n) is 6.80. The summed E-state index contributed by atoms with van der Waals surface area (Å²) in [7, 11) is 0. The van der Waals surface area contributed by atoms with Crippen molar-refractivity contribution in [3.8, 4) is 0 Å². The maximum absolute atomic E-state index is 10.2. The Hall–Kier alpha value is -0.980. The van der Waals surface area contributed by atoms with Gasteiger partial charge in [0, 0.05) is 11.0 Å². The number of hydrogen-bond acceptors (Lipinski definition) is 1. The molecule has 0 saturated heterocycles. The third-order valence-corrected chi connectivity index (χ3v) is 2.59. The van der Waals surface area contributed by atoms with Gasteiger partial charge in [0.25, 0.3) is 0 Å². The van der Waals surface area contributed by atoms with Crippen molar-refractivity contribution in [2.24, 2.45) is 10.8 Å². The maximum atomic E-state index is 10.2. The van der Waals surface area contributed by atoms with E-state index in [1.54, 1.807) is 0 Å². The summed E-state index contributed by atoms with van der Waals surface area (Å²) >= 11 is 0. The minimum Gasteiger partial charge on any atom is -0.511 e. The summed E-state index contributed by atoms with van der Waals surface area (Å²) in [6, 6.07) is 0. The molecule has 0 aliphatic heterocycles. The minimum atomic E-state index is -0.180. The van der Waals surface area contributed by atoms with E-state index in [1.165, 1.54) is 5.57 Å². The molecule has 0 aromatic rings. The zero-order chi connectivity index (χ0) is 12.6. The number of rotatable bonds is 1. The second-order valence-corrected chi connectivity index (χ2v) is 6.80. The van der Waals surface area contributed by atoms with Crippen molar-refractivity contribution in [2.75, 3.05) is 0 Å². The van der Waals surface area contributed by atoms with Gasteiger partial charge in [-0.3, -0.25) is 0 Å². The fourth-order valence-electron chi connectivity index (χ4n) is 1.82. The Morgan fingerprint density at radius 2 is 1.69 bits per heavy atom. The fourth-order valence-corrected chi connectivity index (χ4v) is 1.82. The Bertz CT molecular complexity index is 354. The van der Waals surface area contributed by atoms with E-state index in [4.69, 9.17) is 0 Å². The van der Waals surface area contributed by atoms with Crippen LogP contribution in [0.1, 0.15) is 48.0 Å². The molecular weight excluding hydrogens is 196 g/mol. The normalized spacial score (nSPS) is 20.0. The Balaban J connectivity index is 3.00. The predicted molar refractivity (Wildman–Crippen MR) is 70.4 cm³/mol. The first-order valence-corrected chi connectivity index (χ1v) is 5.92. The Morgan fingerprint density at radius 3 is 2.12 bits per heavy atom. The first kappa shape index (κ1) is 13.1. The molecule has 16 heavy (non-hydrogen) atoms. The van der Waals surface area contributed by atoms with Crippen molar-refractivity contribution in [2.45, 2.75) is 48.0 Å². The van der Waals surface area contributed by atoms with Crippen molar-refractivity contribution in [1.29, 1.82) is 0 Å². The van der Waals surface area contributed by atoms with Crippen molar-refractivity contribution in [1.82, 2.24) is 0 Å². The first-order valence-electron chi connectivity index (χ1n) is 5.92. The Kier molecular flexibility index (Phi) is 3.37. The van der Waals surface area contributed by atoms with Gasteiger partial charge in [-0.15, -0.1) is 0 Å². The third kappa shape index (κ3) is 3.26. The van der Waals surface area contributed by atoms with E-state index in [-0.39, 0.29) is 10.8 Å². The average molecular weight is 220 g/mol. The van der Waals surface area contributed by atoms with Crippen LogP contribution in [0.4, 0.5) is 0 Å². The minimum absolute atomic E-state index is 0.180. The fraction of sp³-hybridized carbons (Fsp3) is 0.600. The molecule has 0 aromatic carbocycles. The largest absolute Gasteiger partial charge is 0.511 e. The van der Waals surface area contributed by atoms with E-state index in [0.29, 0.717) is 5.76 Å². The lowest BCUT2D eigenvalue weighted by molar-refractivity contribution is 0.273. The molecule has 0 radical (unpaired) electrons. The molecule has 1 rings (SSSR count). The van der Waals surface area contributed by atoms with Gasteiger partial charge in [-0.1, -0.05) is 59.8 Å². The van der Waals surface area contributed by atoms with Crippen LogP contribution in [-0.2, 0) is 0 Å². The van der Waals surface area contributed by atoms with Gasteiger partial charge in [-0.05, 0) is 17.4 Å². The van der Waals surface area contributed by atoms with E-state index in [1.807, 2.05) is 32.9 Å². The third-order valence-electron chi connectivity index (χ3n) is 2.59. The molecule has 0 amide bonds. The van der Waals surface area contributed by atoms with Crippen molar-refractivity contribution >= 4 is 0 Å². The van der Waals surface area contributed by atoms with Crippen LogP contribution in [-0.4, -0.2) is 5.11 Å². The summed E-state index contributed by atoms with van der Waals surface area (Å²) < 4.78 is 0. The zero-order valence-electron chi connectivity index (χ0n) is 11.4. The summed E-state index contributed by atoms with van der Waals surface area (Å²) in [6.07, 6.45) is 7.15. The van der Waals surface area contributed by atoms with Crippen molar-refractivity contribution < 1.29 is 5.11 Å². The van der Waals surface area contributed by atoms with Gasteiger partial charge in [-0.2, -0.15) is 0 Å². The molecule has 0 aromatic heterocycles. The highest BCUT2D eigenvalue weighted by molar-refractivity contribution is 5.50. The molecule has 1 heteroatoms. The van der Waals surface area contributed by atoms with Gasteiger partial charge in [0.15, 0.2) is 0 Å². The predicted octanol–water partition coefficient (Wildman–Crippen LogP) is 4.78. The highest BCUT2D eigenvalue weighted by atomic mass is 16.3. The van der Waals surface area contributed by atoms with Gasteiger partial charge in [0.05, 0.1) is 0 Å². The molecule has 1 aliphatic carbocycles. The van der Waals surface area contributed by atoms with Gasteiger partial charge >= 0.3 is 0 Å². The van der Waals surface area contributed by atoms with Crippen LogP contribution in [0.25, 0.3) is 0 Å². The molecule has 1 nitrogen and oxygen atoms in total. The number of hydrogen-bond donors (Lipinski definition) is 1. The molecule has 0 atom stereocenters. The molecule has 0 unspecified atom stereocenters. The molecule has 0 spiro atoms. The lowest BCUT2D eigenvalue weighted by atomic mass is 9.83. The Labute approximate surface area is 99.6 Å². The second kappa shape index (κ2) is 4.12. The highest BCUT2D eigenvalue weighted by Gasteiger charge is 2.24. The number of aliphatic hydroxyl groups is 1. The smallest absolute Gasteiger partial charge is 0.105 e.